The maximum atomic E-state index is 12.8. The Kier molecular flexibility index (Phi) is 4.22. The van der Waals surface area contributed by atoms with E-state index in [-0.39, 0.29) is 10.2 Å². The number of piperidine rings is 1. The van der Waals surface area contributed by atoms with Crippen LogP contribution in [0.25, 0.3) is 0 Å². The van der Waals surface area contributed by atoms with Crippen molar-refractivity contribution in [1.29, 1.82) is 0 Å². The summed E-state index contributed by atoms with van der Waals surface area (Å²) in [6, 6.07) is 1.81. The molecule has 1 aliphatic rings. The largest absolute Gasteiger partial charge is 0.417 e. The van der Waals surface area contributed by atoms with E-state index in [4.69, 9.17) is 0 Å². The van der Waals surface area contributed by atoms with Gasteiger partial charge in [0.25, 0.3) is 5.69 Å². The summed E-state index contributed by atoms with van der Waals surface area (Å²) in [4.78, 5) is 12.1. The van der Waals surface area contributed by atoms with Crippen molar-refractivity contribution in [2.45, 2.75) is 25.4 Å². The van der Waals surface area contributed by atoms with Gasteiger partial charge >= 0.3 is 6.18 Å². The maximum Gasteiger partial charge on any atom is 0.417 e. The van der Waals surface area contributed by atoms with Gasteiger partial charge in [-0.2, -0.15) is 13.2 Å². The van der Waals surface area contributed by atoms with E-state index in [0.717, 1.165) is 19.3 Å². The number of hydrogen-bond donors (Lipinski definition) is 0. The SMILES string of the molecule is O=[N+]([O-])c1cc(C(F)(F)F)c(Br)cc1N1CCCCC1. The summed E-state index contributed by atoms with van der Waals surface area (Å²) in [5.41, 5.74) is -1.28. The third-order valence-electron chi connectivity index (χ3n) is 3.26. The van der Waals surface area contributed by atoms with Gasteiger partial charge in [0.15, 0.2) is 0 Å². The second kappa shape index (κ2) is 5.59. The molecule has 0 bridgehead atoms. The summed E-state index contributed by atoms with van der Waals surface area (Å²) < 4.78 is 38.2. The molecule has 1 aromatic carbocycles. The van der Waals surface area contributed by atoms with Crippen molar-refractivity contribution in [2.75, 3.05) is 18.0 Å². The molecule has 0 spiro atoms. The minimum absolute atomic E-state index is 0.170. The van der Waals surface area contributed by atoms with Crippen molar-refractivity contribution in [3.8, 4) is 0 Å². The van der Waals surface area contributed by atoms with Crippen LogP contribution in [0.3, 0.4) is 0 Å². The number of benzene rings is 1. The van der Waals surface area contributed by atoms with Crippen LogP contribution >= 0.6 is 15.9 Å². The monoisotopic (exact) mass is 352 g/mol. The highest BCUT2D eigenvalue weighted by molar-refractivity contribution is 9.10. The van der Waals surface area contributed by atoms with Crippen LogP contribution in [0.4, 0.5) is 24.5 Å². The number of alkyl halides is 3. The van der Waals surface area contributed by atoms with E-state index in [2.05, 4.69) is 15.9 Å². The number of halogens is 4. The summed E-state index contributed by atoms with van der Waals surface area (Å²) >= 11 is 2.86. The molecule has 0 aromatic heterocycles. The third kappa shape index (κ3) is 3.05. The van der Waals surface area contributed by atoms with Crippen LogP contribution in [0.5, 0.6) is 0 Å². The lowest BCUT2D eigenvalue weighted by atomic mass is 10.1. The number of rotatable bonds is 2. The predicted octanol–water partition coefficient (Wildman–Crippen LogP) is 4.37. The lowest BCUT2D eigenvalue weighted by molar-refractivity contribution is -0.384. The molecule has 0 saturated carbocycles. The zero-order chi connectivity index (χ0) is 14.9. The van der Waals surface area contributed by atoms with Crippen LogP contribution < -0.4 is 4.90 Å². The van der Waals surface area contributed by atoms with Gasteiger partial charge in [-0.25, -0.2) is 0 Å². The van der Waals surface area contributed by atoms with Crippen LogP contribution in [-0.2, 0) is 6.18 Å². The molecule has 1 heterocycles. The first-order chi connectivity index (χ1) is 9.30. The van der Waals surface area contributed by atoms with Crippen LogP contribution in [0.15, 0.2) is 16.6 Å². The maximum absolute atomic E-state index is 12.8. The molecule has 110 valence electrons. The average Bonchev–Trinajstić information content (AvgIpc) is 2.37. The molecular weight excluding hydrogens is 341 g/mol. The Hall–Kier alpha value is -1.31. The van der Waals surface area contributed by atoms with E-state index in [1.54, 1.807) is 4.90 Å². The van der Waals surface area contributed by atoms with Gasteiger partial charge in [-0.05, 0) is 25.3 Å². The van der Waals surface area contributed by atoms with Crippen LogP contribution in [-0.4, -0.2) is 18.0 Å². The van der Waals surface area contributed by atoms with Crippen LogP contribution in [0.2, 0.25) is 0 Å². The molecular formula is C12H12BrF3N2O2. The third-order valence-corrected chi connectivity index (χ3v) is 3.92. The van der Waals surface area contributed by atoms with Crippen LogP contribution in [0.1, 0.15) is 24.8 Å². The van der Waals surface area contributed by atoms with Gasteiger partial charge in [-0.15, -0.1) is 0 Å². The van der Waals surface area contributed by atoms with E-state index in [9.17, 15) is 23.3 Å². The van der Waals surface area contributed by atoms with Crippen molar-refractivity contribution >= 4 is 27.3 Å². The highest BCUT2D eigenvalue weighted by atomic mass is 79.9. The van der Waals surface area contributed by atoms with Gasteiger partial charge in [0, 0.05) is 23.6 Å². The Morgan fingerprint density at radius 2 is 1.80 bits per heavy atom. The standard InChI is InChI=1S/C12H12BrF3N2O2/c13-9-7-10(17-4-2-1-3-5-17)11(18(19)20)6-8(9)12(14,15)16/h6-7H,1-5H2. The summed E-state index contributed by atoms with van der Waals surface area (Å²) in [5, 5.41) is 11.1. The fourth-order valence-electron chi connectivity index (χ4n) is 2.30. The molecule has 1 saturated heterocycles. The molecule has 2 rings (SSSR count). The zero-order valence-corrected chi connectivity index (χ0v) is 12.0. The Balaban J connectivity index is 2.51. The number of hydrogen-bond acceptors (Lipinski definition) is 3. The Bertz CT molecular complexity index is 528. The van der Waals surface area contributed by atoms with Crippen molar-refractivity contribution < 1.29 is 18.1 Å². The molecule has 20 heavy (non-hydrogen) atoms. The summed E-state index contributed by atoms with van der Waals surface area (Å²) in [6.07, 6.45) is -1.82. The van der Waals surface area contributed by atoms with E-state index in [0.29, 0.717) is 19.2 Å². The van der Waals surface area contributed by atoms with Crippen molar-refractivity contribution in [3.05, 3.63) is 32.3 Å². The molecule has 0 aliphatic carbocycles. The summed E-state index contributed by atoms with van der Waals surface area (Å²) in [5.74, 6) is 0. The molecule has 8 heteroatoms. The first kappa shape index (κ1) is 15.1. The highest BCUT2D eigenvalue weighted by Gasteiger charge is 2.36. The lowest BCUT2D eigenvalue weighted by Gasteiger charge is -2.29. The van der Waals surface area contributed by atoms with E-state index >= 15 is 0 Å². The minimum Gasteiger partial charge on any atom is -0.366 e. The van der Waals surface area contributed by atoms with Crippen LogP contribution in [0, 0.1) is 10.1 Å². The second-order valence-corrected chi connectivity index (χ2v) is 5.48. The van der Waals surface area contributed by atoms with E-state index in [1.165, 1.54) is 6.07 Å². The van der Waals surface area contributed by atoms with Crippen molar-refractivity contribution in [3.63, 3.8) is 0 Å². The number of nitro groups is 1. The Morgan fingerprint density at radius 1 is 1.20 bits per heavy atom. The van der Waals surface area contributed by atoms with E-state index < -0.39 is 22.4 Å². The summed E-state index contributed by atoms with van der Waals surface area (Å²) in [7, 11) is 0. The van der Waals surface area contributed by atoms with Gasteiger partial charge < -0.3 is 4.90 Å². The fourth-order valence-corrected chi connectivity index (χ4v) is 2.86. The average molecular weight is 353 g/mol. The fraction of sp³-hybridized carbons (Fsp3) is 0.500. The molecule has 1 fully saturated rings. The smallest absolute Gasteiger partial charge is 0.366 e. The molecule has 0 N–H and O–H groups in total. The van der Waals surface area contributed by atoms with Crippen molar-refractivity contribution in [2.24, 2.45) is 0 Å². The van der Waals surface area contributed by atoms with Crippen molar-refractivity contribution in [1.82, 2.24) is 0 Å². The molecule has 1 aliphatic heterocycles. The van der Waals surface area contributed by atoms with E-state index in [1.807, 2.05) is 0 Å². The first-order valence-electron chi connectivity index (χ1n) is 6.11. The molecule has 1 aromatic rings. The quantitative estimate of drug-likeness (QED) is 0.586. The van der Waals surface area contributed by atoms with Gasteiger partial charge in [0.1, 0.15) is 5.69 Å². The summed E-state index contributed by atoms with van der Waals surface area (Å²) in [6.45, 7) is 1.25. The number of nitrogens with zero attached hydrogens (tertiary/aromatic N) is 2. The minimum atomic E-state index is -4.62. The molecule has 0 unspecified atom stereocenters. The predicted molar refractivity (Wildman–Crippen MR) is 71.9 cm³/mol. The first-order valence-corrected chi connectivity index (χ1v) is 6.90. The molecule has 0 radical (unpaired) electrons. The van der Waals surface area contributed by atoms with Gasteiger partial charge in [-0.3, -0.25) is 10.1 Å². The number of nitro benzene ring substituents is 1. The Labute approximate surface area is 121 Å². The molecule has 4 nitrogen and oxygen atoms in total. The number of anilines is 1. The van der Waals surface area contributed by atoms with Gasteiger partial charge in [0.2, 0.25) is 0 Å². The molecule has 0 amide bonds. The lowest BCUT2D eigenvalue weighted by Crippen LogP contribution is -2.30. The Morgan fingerprint density at radius 3 is 2.30 bits per heavy atom. The van der Waals surface area contributed by atoms with Gasteiger partial charge in [0.05, 0.1) is 10.5 Å². The molecule has 0 atom stereocenters. The zero-order valence-electron chi connectivity index (χ0n) is 10.4. The van der Waals surface area contributed by atoms with Gasteiger partial charge in [-0.1, -0.05) is 15.9 Å². The second-order valence-electron chi connectivity index (χ2n) is 4.62. The topological polar surface area (TPSA) is 46.4 Å². The highest BCUT2D eigenvalue weighted by Crippen LogP contribution is 2.42. The normalized spacial score (nSPS) is 16.3.